The first-order valence-electron chi connectivity index (χ1n) is 6.40. The zero-order chi connectivity index (χ0) is 15.0. The van der Waals surface area contributed by atoms with Crippen LogP contribution in [0.4, 0.5) is 0 Å². The molecular formula is C17H16Br2O. The van der Waals surface area contributed by atoms with Crippen LogP contribution in [0.3, 0.4) is 0 Å². The van der Waals surface area contributed by atoms with Crippen molar-refractivity contribution in [2.24, 2.45) is 0 Å². The van der Waals surface area contributed by atoms with Gasteiger partial charge in [-0.2, -0.15) is 0 Å². The summed E-state index contributed by atoms with van der Waals surface area (Å²) < 4.78 is 1.69. The molecule has 0 saturated heterocycles. The van der Waals surface area contributed by atoms with Crippen molar-refractivity contribution in [1.29, 1.82) is 0 Å². The van der Waals surface area contributed by atoms with Crippen LogP contribution in [0.2, 0.25) is 0 Å². The SMILES string of the molecule is Cc1ccc(Br)c(C(=O)c2c(Br)ccc(C)c2C)c1C. The third kappa shape index (κ3) is 2.61. The lowest BCUT2D eigenvalue weighted by Crippen LogP contribution is -2.09. The minimum atomic E-state index is 0.0613. The van der Waals surface area contributed by atoms with Gasteiger partial charge < -0.3 is 0 Å². The van der Waals surface area contributed by atoms with Crippen LogP contribution < -0.4 is 0 Å². The first-order valence-corrected chi connectivity index (χ1v) is 7.99. The molecule has 1 nitrogen and oxygen atoms in total. The molecule has 2 aromatic carbocycles. The van der Waals surface area contributed by atoms with E-state index in [-0.39, 0.29) is 5.78 Å². The van der Waals surface area contributed by atoms with Crippen LogP contribution in [0.15, 0.2) is 33.2 Å². The molecule has 2 rings (SSSR count). The minimum absolute atomic E-state index is 0.0613. The molecule has 0 spiro atoms. The molecule has 0 saturated carbocycles. The van der Waals surface area contributed by atoms with Gasteiger partial charge in [0.25, 0.3) is 0 Å². The second kappa shape index (κ2) is 5.82. The van der Waals surface area contributed by atoms with E-state index in [1.807, 2.05) is 52.0 Å². The lowest BCUT2D eigenvalue weighted by atomic mass is 9.92. The highest BCUT2D eigenvalue weighted by Crippen LogP contribution is 2.31. The summed E-state index contributed by atoms with van der Waals surface area (Å²) in [6.07, 6.45) is 0. The fourth-order valence-corrected chi connectivity index (χ4v) is 3.47. The molecule has 0 aromatic heterocycles. The summed E-state index contributed by atoms with van der Waals surface area (Å²) in [6, 6.07) is 7.92. The van der Waals surface area contributed by atoms with Crippen LogP contribution in [0.1, 0.15) is 38.2 Å². The number of hydrogen-bond acceptors (Lipinski definition) is 1. The number of ketones is 1. The smallest absolute Gasteiger partial charge is 0.195 e. The lowest BCUT2D eigenvalue weighted by Gasteiger charge is -2.14. The maximum absolute atomic E-state index is 13.0. The first-order chi connectivity index (χ1) is 9.34. The summed E-state index contributed by atoms with van der Waals surface area (Å²) in [5.74, 6) is 0.0613. The van der Waals surface area contributed by atoms with Gasteiger partial charge in [0.05, 0.1) is 0 Å². The number of halogens is 2. The van der Waals surface area contributed by atoms with Crippen LogP contribution in [-0.4, -0.2) is 5.78 Å². The van der Waals surface area contributed by atoms with Crippen LogP contribution in [0, 0.1) is 27.7 Å². The molecule has 3 heteroatoms. The summed E-state index contributed by atoms with van der Waals surface area (Å²) in [6.45, 7) is 8.03. The van der Waals surface area contributed by atoms with E-state index in [4.69, 9.17) is 0 Å². The fourth-order valence-electron chi connectivity index (χ4n) is 2.25. The molecule has 20 heavy (non-hydrogen) atoms. The monoisotopic (exact) mass is 394 g/mol. The zero-order valence-corrected chi connectivity index (χ0v) is 15.1. The standard InChI is InChI=1S/C17H16Br2O/c1-9-5-7-13(18)15(11(9)3)17(20)16-12(4)10(2)6-8-14(16)19/h5-8H,1-4H3. The van der Waals surface area contributed by atoms with Crippen LogP contribution >= 0.6 is 31.9 Å². The Morgan fingerprint density at radius 2 is 1.10 bits per heavy atom. The Morgan fingerprint density at radius 1 is 0.750 bits per heavy atom. The molecule has 0 amide bonds. The highest BCUT2D eigenvalue weighted by Gasteiger charge is 2.21. The molecule has 0 bridgehead atoms. The largest absolute Gasteiger partial charge is 0.289 e. The average molecular weight is 396 g/mol. The number of hydrogen-bond donors (Lipinski definition) is 0. The molecule has 0 aliphatic carbocycles. The van der Waals surface area contributed by atoms with E-state index in [1.54, 1.807) is 0 Å². The molecule has 104 valence electrons. The van der Waals surface area contributed by atoms with E-state index in [0.717, 1.165) is 42.3 Å². The van der Waals surface area contributed by atoms with Crippen molar-refractivity contribution >= 4 is 37.6 Å². The van der Waals surface area contributed by atoms with Gasteiger partial charge in [0.2, 0.25) is 0 Å². The Labute approximate surface area is 136 Å². The van der Waals surface area contributed by atoms with Gasteiger partial charge in [0.15, 0.2) is 5.78 Å². The molecular weight excluding hydrogens is 380 g/mol. The Balaban J connectivity index is 2.71. The Hall–Kier alpha value is -0.930. The fraction of sp³-hybridized carbons (Fsp3) is 0.235. The van der Waals surface area contributed by atoms with Crippen molar-refractivity contribution in [3.63, 3.8) is 0 Å². The Bertz CT molecular complexity index is 643. The van der Waals surface area contributed by atoms with Gasteiger partial charge in [0.1, 0.15) is 0 Å². The first kappa shape index (κ1) is 15.5. The molecule has 2 aromatic rings. The van der Waals surface area contributed by atoms with Gasteiger partial charge in [-0.15, -0.1) is 0 Å². The van der Waals surface area contributed by atoms with Crippen LogP contribution in [-0.2, 0) is 0 Å². The summed E-state index contributed by atoms with van der Waals surface area (Å²) >= 11 is 7.02. The summed E-state index contributed by atoms with van der Waals surface area (Å²) in [4.78, 5) is 13.0. The highest BCUT2D eigenvalue weighted by molar-refractivity contribution is 9.11. The van der Waals surface area contributed by atoms with E-state index >= 15 is 0 Å². The molecule has 0 aliphatic heterocycles. The van der Waals surface area contributed by atoms with Gasteiger partial charge in [-0.1, -0.05) is 44.0 Å². The molecule has 0 N–H and O–H groups in total. The van der Waals surface area contributed by atoms with E-state index < -0.39 is 0 Å². The second-order valence-corrected chi connectivity index (χ2v) is 6.77. The average Bonchev–Trinajstić information content (AvgIpc) is 2.39. The summed E-state index contributed by atoms with van der Waals surface area (Å²) in [5, 5.41) is 0. The minimum Gasteiger partial charge on any atom is -0.289 e. The van der Waals surface area contributed by atoms with Crippen molar-refractivity contribution in [2.45, 2.75) is 27.7 Å². The van der Waals surface area contributed by atoms with Gasteiger partial charge >= 0.3 is 0 Å². The van der Waals surface area contributed by atoms with Gasteiger partial charge in [-0.05, 0) is 62.1 Å². The van der Waals surface area contributed by atoms with Gasteiger partial charge in [-0.3, -0.25) is 4.79 Å². The number of benzene rings is 2. The van der Waals surface area contributed by atoms with Crippen molar-refractivity contribution < 1.29 is 4.79 Å². The van der Waals surface area contributed by atoms with Crippen molar-refractivity contribution in [2.75, 3.05) is 0 Å². The van der Waals surface area contributed by atoms with E-state index in [0.29, 0.717) is 0 Å². The Kier molecular flexibility index (Phi) is 4.50. The number of carbonyl (C=O) groups is 1. The topological polar surface area (TPSA) is 17.1 Å². The predicted octanol–water partition coefficient (Wildman–Crippen LogP) is 5.68. The maximum atomic E-state index is 13.0. The van der Waals surface area contributed by atoms with Crippen LogP contribution in [0.25, 0.3) is 0 Å². The summed E-state index contributed by atoms with van der Waals surface area (Å²) in [7, 11) is 0. The maximum Gasteiger partial charge on any atom is 0.195 e. The van der Waals surface area contributed by atoms with E-state index in [2.05, 4.69) is 31.9 Å². The van der Waals surface area contributed by atoms with E-state index in [9.17, 15) is 4.79 Å². The zero-order valence-electron chi connectivity index (χ0n) is 12.0. The molecule has 0 unspecified atom stereocenters. The predicted molar refractivity (Wildman–Crippen MR) is 90.7 cm³/mol. The van der Waals surface area contributed by atoms with Crippen molar-refractivity contribution in [3.05, 3.63) is 66.6 Å². The normalized spacial score (nSPS) is 10.7. The molecule has 0 fully saturated rings. The van der Waals surface area contributed by atoms with Crippen LogP contribution in [0.5, 0.6) is 0 Å². The van der Waals surface area contributed by atoms with E-state index in [1.165, 1.54) is 0 Å². The second-order valence-electron chi connectivity index (χ2n) is 5.06. The number of aryl methyl sites for hydroxylation is 2. The third-order valence-electron chi connectivity index (χ3n) is 3.82. The lowest BCUT2D eigenvalue weighted by molar-refractivity contribution is 0.103. The van der Waals surface area contributed by atoms with Crippen molar-refractivity contribution in [3.8, 4) is 0 Å². The van der Waals surface area contributed by atoms with Crippen molar-refractivity contribution in [1.82, 2.24) is 0 Å². The number of carbonyl (C=O) groups excluding carboxylic acids is 1. The quantitative estimate of drug-likeness (QED) is 0.598. The highest BCUT2D eigenvalue weighted by atomic mass is 79.9. The molecule has 0 radical (unpaired) electrons. The molecule has 0 aliphatic rings. The third-order valence-corrected chi connectivity index (χ3v) is 5.15. The van der Waals surface area contributed by atoms with Gasteiger partial charge in [0, 0.05) is 20.1 Å². The summed E-state index contributed by atoms with van der Waals surface area (Å²) in [5.41, 5.74) is 5.80. The molecule has 0 heterocycles. The number of rotatable bonds is 2. The van der Waals surface area contributed by atoms with Gasteiger partial charge in [-0.25, -0.2) is 0 Å². The Morgan fingerprint density at radius 3 is 1.45 bits per heavy atom. The molecule has 0 atom stereocenters.